The number of nitrogens with two attached hydrogens (primary N) is 1. The van der Waals surface area contributed by atoms with Gasteiger partial charge in [0.25, 0.3) is 0 Å². The first-order valence-electron chi connectivity index (χ1n) is 12.0. The molecule has 4 heterocycles. The number of nitrogens with one attached hydrogen (secondary N) is 1. The van der Waals surface area contributed by atoms with Gasteiger partial charge < -0.3 is 25.9 Å². The van der Waals surface area contributed by atoms with Gasteiger partial charge in [-0.3, -0.25) is 4.79 Å². The molecule has 1 saturated heterocycles. The molecule has 1 aliphatic heterocycles. The van der Waals surface area contributed by atoms with E-state index in [1.54, 1.807) is 23.0 Å². The molecule has 0 bridgehead atoms. The van der Waals surface area contributed by atoms with Gasteiger partial charge in [0.05, 0.1) is 17.3 Å². The predicted octanol–water partition coefficient (Wildman–Crippen LogP) is 3.01. The van der Waals surface area contributed by atoms with E-state index in [1.165, 1.54) is 6.20 Å². The third-order valence-electron chi connectivity index (χ3n) is 6.33. The van der Waals surface area contributed by atoms with Crippen molar-refractivity contribution in [1.29, 1.82) is 0 Å². The van der Waals surface area contributed by atoms with Gasteiger partial charge in [-0.2, -0.15) is 14.3 Å². The number of hydrogen-bond acceptors (Lipinski definition) is 8. The van der Waals surface area contributed by atoms with Crippen LogP contribution in [0.5, 0.6) is 0 Å². The molecule has 188 valence electrons. The van der Waals surface area contributed by atoms with Crippen molar-refractivity contribution in [2.45, 2.75) is 58.2 Å². The Balaban J connectivity index is 1.52. The van der Waals surface area contributed by atoms with E-state index in [4.69, 9.17) is 15.5 Å². The summed E-state index contributed by atoms with van der Waals surface area (Å²) >= 11 is 3.56. The number of carbonyl (C=O) groups excluding carboxylic acids is 1. The lowest BCUT2D eigenvalue weighted by Gasteiger charge is -2.37. The van der Waals surface area contributed by atoms with Gasteiger partial charge >= 0.3 is 5.97 Å². The minimum atomic E-state index is -0.602. The first-order chi connectivity index (χ1) is 16.8. The second kappa shape index (κ2) is 11.2. The molecule has 11 heteroatoms. The van der Waals surface area contributed by atoms with Crippen molar-refractivity contribution >= 4 is 39.2 Å². The maximum atomic E-state index is 12.2. The van der Waals surface area contributed by atoms with E-state index in [0.717, 1.165) is 52.2 Å². The minimum absolute atomic E-state index is 0.0411. The van der Waals surface area contributed by atoms with Gasteiger partial charge in [-0.05, 0) is 47.2 Å². The van der Waals surface area contributed by atoms with E-state index in [0.29, 0.717) is 25.2 Å². The quantitative estimate of drug-likeness (QED) is 0.239. The van der Waals surface area contributed by atoms with Crippen molar-refractivity contribution in [3.8, 4) is 0 Å². The molecule has 2 atom stereocenters. The van der Waals surface area contributed by atoms with Gasteiger partial charge in [0.2, 0.25) is 0 Å². The van der Waals surface area contributed by atoms with E-state index in [9.17, 15) is 10.0 Å². The van der Waals surface area contributed by atoms with Crippen molar-refractivity contribution in [3.63, 3.8) is 0 Å². The molecule has 0 aliphatic carbocycles. The number of anilines is 2. The molecule has 35 heavy (non-hydrogen) atoms. The van der Waals surface area contributed by atoms with E-state index in [-0.39, 0.29) is 17.9 Å². The average Bonchev–Trinajstić information content (AvgIpc) is 3.23. The lowest BCUT2D eigenvalue weighted by atomic mass is 9.99. The van der Waals surface area contributed by atoms with Crippen LogP contribution in [0.15, 0.2) is 41.3 Å². The van der Waals surface area contributed by atoms with Crippen LogP contribution in [0.2, 0.25) is 0 Å². The van der Waals surface area contributed by atoms with Crippen molar-refractivity contribution < 1.29 is 14.3 Å². The van der Waals surface area contributed by atoms with E-state index in [1.807, 2.05) is 26.0 Å². The summed E-state index contributed by atoms with van der Waals surface area (Å²) in [5.41, 5.74) is 7.48. The third kappa shape index (κ3) is 6.02. The monoisotopic (exact) mass is 545 g/mol. The van der Waals surface area contributed by atoms with Crippen LogP contribution in [0.4, 0.5) is 11.6 Å². The smallest absolute Gasteiger partial charge is 0.323 e. The van der Waals surface area contributed by atoms with E-state index >= 15 is 0 Å². The van der Waals surface area contributed by atoms with Crippen LogP contribution >= 0.6 is 15.9 Å². The Morgan fingerprint density at radius 3 is 3.03 bits per heavy atom. The van der Waals surface area contributed by atoms with Gasteiger partial charge in [-0.15, -0.1) is 0 Å². The maximum Gasteiger partial charge on any atom is 0.323 e. The maximum absolute atomic E-state index is 12.2. The van der Waals surface area contributed by atoms with E-state index in [2.05, 4.69) is 31.2 Å². The largest absolute Gasteiger partial charge is 0.619 e. The minimum Gasteiger partial charge on any atom is -0.619 e. The normalized spacial score (nSPS) is 17.1. The first kappa shape index (κ1) is 25.2. The third-order valence-corrected chi connectivity index (χ3v) is 6.89. The highest BCUT2D eigenvalue weighted by molar-refractivity contribution is 9.10. The van der Waals surface area contributed by atoms with Crippen molar-refractivity contribution in [1.82, 2.24) is 14.6 Å². The fourth-order valence-corrected chi connectivity index (χ4v) is 4.61. The number of halogens is 1. The number of esters is 1. The number of nitrogens with zero attached hydrogens (tertiary/aromatic N) is 5. The second-order valence-corrected chi connectivity index (χ2v) is 10.1. The Morgan fingerprint density at radius 1 is 1.43 bits per heavy atom. The van der Waals surface area contributed by atoms with Crippen LogP contribution in [-0.2, 0) is 16.1 Å². The summed E-state index contributed by atoms with van der Waals surface area (Å²) in [5, 5.41) is 19.5. The summed E-state index contributed by atoms with van der Waals surface area (Å²) in [6.07, 6.45) is 8.61. The van der Waals surface area contributed by atoms with Crippen LogP contribution in [0.25, 0.3) is 5.65 Å². The fourth-order valence-electron chi connectivity index (χ4n) is 4.26. The molecule has 3 aromatic rings. The molecule has 0 amide bonds. The Morgan fingerprint density at radius 2 is 2.26 bits per heavy atom. The number of carbonyl (C=O) groups is 1. The standard InChI is InChI=1S/C24H32BrN7O3/c1-16(2)22(26)24(33)35-11-8-18-7-3-4-10-31(18)21-12-20(32-23(29-21)19(25)14-28-32)27-13-17-6-5-9-30(34)15-17/h5-6,9,12,14-16,18,22,27H,3-4,7-8,10-11,13,26H2,1-2H3/t18-,22+/m0/s1. The Bertz CT molecular complexity index is 1170. The molecule has 0 radical (unpaired) electrons. The Kier molecular flexibility index (Phi) is 8.07. The number of pyridine rings is 1. The molecule has 10 nitrogen and oxygen atoms in total. The molecular formula is C24H32BrN7O3. The van der Waals surface area contributed by atoms with Gasteiger partial charge in [0, 0.05) is 43.2 Å². The van der Waals surface area contributed by atoms with Crippen LogP contribution in [0.3, 0.4) is 0 Å². The number of hydrogen-bond donors (Lipinski definition) is 2. The second-order valence-electron chi connectivity index (χ2n) is 9.22. The molecule has 0 saturated carbocycles. The number of aromatic nitrogens is 4. The Hall–Kier alpha value is -2.92. The summed E-state index contributed by atoms with van der Waals surface area (Å²) in [6.45, 7) is 5.48. The highest BCUT2D eigenvalue weighted by Crippen LogP contribution is 2.30. The van der Waals surface area contributed by atoms with Crippen molar-refractivity contribution in [2.75, 3.05) is 23.4 Å². The van der Waals surface area contributed by atoms with Crippen LogP contribution in [-0.4, -0.2) is 45.8 Å². The SMILES string of the molecule is CC(C)[C@@H](N)C(=O)OCC[C@@H]1CCCCN1c1cc(NCc2ccc[n+]([O-])c2)n2ncc(Br)c2n1. The zero-order valence-corrected chi connectivity index (χ0v) is 21.6. The van der Waals surface area contributed by atoms with E-state index < -0.39 is 6.04 Å². The summed E-state index contributed by atoms with van der Waals surface area (Å²) in [7, 11) is 0. The molecule has 0 unspecified atom stereocenters. The van der Waals surface area contributed by atoms with Gasteiger partial charge in [-0.1, -0.05) is 13.8 Å². The zero-order chi connectivity index (χ0) is 24.9. The fraction of sp³-hybridized carbons (Fsp3) is 0.500. The first-order valence-corrected chi connectivity index (χ1v) is 12.8. The Labute approximate surface area is 213 Å². The number of fused-ring (bicyclic) bond motifs is 1. The molecule has 1 aliphatic rings. The number of rotatable bonds is 9. The molecule has 0 aromatic carbocycles. The summed E-state index contributed by atoms with van der Waals surface area (Å²) in [4.78, 5) is 19.4. The molecule has 3 aromatic heterocycles. The van der Waals surface area contributed by atoms with Crippen LogP contribution in [0, 0.1) is 11.1 Å². The van der Waals surface area contributed by atoms with Gasteiger partial charge in [0.1, 0.15) is 17.7 Å². The molecular weight excluding hydrogens is 514 g/mol. The topological polar surface area (TPSA) is 125 Å². The van der Waals surface area contributed by atoms with Crippen molar-refractivity contribution in [3.05, 3.63) is 52.0 Å². The highest BCUT2D eigenvalue weighted by Gasteiger charge is 2.26. The molecule has 3 N–H and O–H groups in total. The zero-order valence-electron chi connectivity index (χ0n) is 20.1. The van der Waals surface area contributed by atoms with Gasteiger partial charge in [-0.25, -0.2) is 4.98 Å². The summed E-state index contributed by atoms with van der Waals surface area (Å²) in [6, 6.07) is 5.20. The average molecular weight is 546 g/mol. The van der Waals surface area contributed by atoms with Gasteiger partial charge in [0.15, 0.2) is 18.0 Å². The number of ether oxygens (including phenoxy) is 1. The summed E-state index contributed by atoms with van der Waals surface area (Å²) < 4.78 is 8.81. The van der Waals surface area contributed by atoms with Crippen molar-refractivity contribution in [2.24, 2.45) is 11.7 Å². The predicted molar refractivity (Wildman–Crippen MR) is 137 cm³/mol. The highest BCUT2D eigenvalue weighted by atomic mass is 79.9. The molecule has 4 rings (SSSR count). The molecule has 0 spiro atoms. The summed E-state index contributed by atoms with van der Waals surface area (Å²) in [5.74, 6) is 1.30. The lowest BCUT2D eigenvalue weighted by Crippen LogP contribution is -2.42. The number of piperidine rings is 1. The van der Waals surface area contributed by atoms with Crippen LogP contribution in [0.1, 0.15) is 45.1 Å². The molecule has 1 fully saturated rings. The van der Waals surface area contributed by atoms with Crippen LogP contribution < -0.4 is 20.7 Å². The lowest BCUT2D eigenvalue weighted by molar-refractivity contribution is -0.605.